The second-order valence-corrected chi connectivity index (χ2v) is 3.58. The van der Waals surface area contributed by atoms with Gasteiger partial charge in [0.05, 0.1) is 19.1 Å². The van der Waals surface area contributed by atoms with E-state index in [4.69, 9.17) is 10.8 Å². The van der Waals surface area contributed by atoms with Crippen LogP contribution in [-0.2, 0) is 17.9 Å². The predicted octanol–water partition coefficient (Wildman–Crippen LogP) is -2.73. The van der Waals surface area contributed by atoms with Crippen LogP contribution in [0.4, 0.5) is 4.79 Å². The highest BCUT2D eigenvalue weighted by atomic mass is 16.4. The van der Waals surface area contributed by atoms with Crippen LogP contribution in [0.15, 0.2) is 0 Å². The van der Waals surface area contributed by atoms with E-state index in [1.807, 2.05) is 0 Å². The molecule has 0 spiro atoms. The van der Waals surface area contributed by atoms with Gasteiger partial charge in [-0.1, -0.05) is 0 Å². The first kappa shape index (κ1) is 11.3. The molecule has 0 unspecified atom stereocenters. The van der Waals surface area contributed by atoms with Gasteiger partial charge in [-0.3, -0.25) is 4.79 Å². The molecule has 0 aromatic carbocycles. The van der Waals surface area contributed by atoms with Crippen LogP contribution in [0.5, 0.6) is 0 Å². The van der Waals surface area contributed by atoms with Gasteiger partial charge in [0.25, 0.3) is 0 Å². The molecule has 0 aliphatic carbocycles. The van der Waals surface area contributed by atoms with Gasteiger partial charge in [0.2, 0.25) is 5.91 Å². The van der Waals surface area contributed by atoms with Crippen LogP contribution < -0.4 is 16.4 Å². The molecule has 1 aliphatic rings. The van der Waals surface area contributed by atoms with E-state index in [1.165, 1.54) is 4.68 Å². The average Bonchev–Trinajstić information content (AvgIpc) is 2.73. The number of carboxylic acid groups (broad SMARTS) is 1. The first-order valence-corrected chi connectivity index (χ1v) is 4.85. The van der Waals surface area contributed by atoms with E-state index in [1.54, 1.807) is 0 Å². The van der Waals surface area contributed by atoms with Crippen molar-refractivity contribution in [3.8, 4) is 0 Å². The summed E-state index contributed by atoms with van der Waals surface area (Å²) in [6.07, 6.45) is -1.16. The Kier molecular flexibility index (Phi) is 2.87. The van der Waals surface area contributed by atoms with Gasteiger partial charge in [0.15, 0.2) is 5.82 Å². The summed E-state index contributed by atoms with van der Waals surface area (Å²) < 4.78 is 1.40. The SMILES string of the molecule is N[C@@H]1C(=O)N[C@@H]1Cn1nnnc1CNC(=O)O. The number of carbonyl (C=O) groups excluding carboxylic acids is 1. The average molecular weight is 241 g/mol. The normalized spacial score (nSPS) is 22.8. The van der Waals surface area contributed by atoms with Gasteiger partial charge < -0.3 is 21.5 Å². The van der Waals surface area contributed by atoms with Gasteiger partial charge in [0, 0.05) is 0 Å². The molecular weight excluding hydrogens is 230 g/mol. The molecule has 0 bridgehead atoms. The Balaban J connectivity index is 1.95. The maximum absolute atomic E-state index is 10.9. The van der Waals surface area contributed by atoms with E-state index < -0.39 is 12.1 Å². The lowest BCUT2D eigenvalue weighted by atomic mass is 10.0. The van der Waals surface area contributed by atoms with Crippen LogP contribution in [0.25, 0.3) is 0 Å². The van der Waals surface area contributed by atoms with Crippen LogP contribution in [0.2, 0.25) is 0 Å². The first-order chi connectivity index (χ1) is 8.08. The number of rotatable bonds is 4. The molecule has 2 amide bonds. The van der Waals surface area contributed by atoms with Crippen molar-refractivity contribution >= 4 is 12.0 Å². The molecule has 0 radical (unpaired) electrons. The van der Waals surface area contributed by atoms with Crippen molar-refractivity contribution in [2.24, 2.45) is 5.73 Å². The second kappa shape index (κ2) is 4.33. The Morgan fingerprint density at radius 3 is 3.00 bits per heavy atom. The summed E-state index contributed by atoms with van der Waals surface area (Å²) >= 11 is 0. The van der Waals surface area contributed by atoms with E-state index in [9.17, 15) is 9.59 Å². The summed E-state index contributed by atoms with van der Waals surface area (Å²) in [5.41, 5.74) is 5.55. The number of nitrogens with zero attached hydrogens (tertiary/aromatic N) is 4. The zero-order valence-corrected chi connectivity index (χ0v) is 8.70. The van der Waals surface area contributed by atoms with Crippen LogP contribution in [0.1, 0.15) is 5.82 Å². The zero-order valence-electron chi connectivity index (χ0n) is 8.70. The maximum Gasteiger partial charge on any atom is 0.405 e. The molecule has 1 aliphatic heterocycles. The summed E-state index contributed by atoms with van der Waals surface area (Å²) in [6.45, 7) is 0.314. The van der Waals surface area contributed by atoms with Crippen LogP contribution in [0.3, 0.4) is 0 Å². The van der Waals surface area contributed by atoms with Crippen molar-refractivity contribution in [3.63, 3.8) is 0 Å². The molecule has 92 valence electrons. The van der Waals surface area contributed by atoms with Crippen molar-refractivity contribution < 1.29 is 14.7 Å². The molecule has 2 rings (SSSR count). The largest absolute Gasteiger partial charge is 0.465 e. The summed E-state index contributed by atoms with van der Waals surface area (Å²) in [4.78, 5) is 21.2. The molecule has 5 N–H and O–H groups in total. The van der Waals surface area contributed by atoms with Crippen LogP contribution in [0, 0.1) is 0 Å². The van der Waals surface area contributed by atoms with Gasteiger partial charge in [-0.15, -0.1) is 5.10 Å². The number of amides is 2. The van der Waals surface area contributed by atoms with Crippen LogP contribution in [-0.4, -0.2) is 49.4 Å². The number of carbonyl (C=O) groups is 2. The number of hydrogen-bond donors (Lipinski definition) is 4. The van der Waals surface area contributed by atoms with Crippen molar-refractivity contribution in [2.45, 2.75) is 25.2 Å². The monoisotopic (exact) mass is 241 g/mol. The van der Waals surface area contributed by atoms with E-state index in [0.29, 0.717) is 12.4 Å². The minimum Gasteiger partial charge on any atom is -0.465 e. The van der Waals surface area contributed by atoms with Crippen molar-refractivity contribution in [3.05, 3.63) is 5.82 Å². The van der Waals surface area contributed by atoms with Gasteiger partial charge >= 0.3 is 6.09 Å². The van der Waals surface area contributed by atoms with Crippen molar-refractivity contribution in [1.29, 1.82) is 0 Å². The Bertz CT molecular complexity index is 444. The molecular formula is C7H11N7O3. The Hall–Kier alpha value is -2.23. The summed E-state index contributed by atoms with van der Waals surface area (Å²) in [5.74, 6) is 0.147. The Morgan fingerprint density at radius 2 is 2.41 bits per heavy atom. The number of β-lactam (4-membered cyclic amide) rings is 1. The Labute approximate surface area is 95.2 Å². The second-order valence-electron chi connectivity index (χ2n) is 3.58. The predicted molar refractivity (Wildman–Crippen MR) is 52.6 cm³/mol. The van der Waals surface area contributed by atoms with Gasteiger partial charge in [-0.25, -0.2) is 9.48 Å². The molecule has 10 nitrogen and oxygen atoms in total. The third-order valence-electron chi connectivity index (χ3n) is 2.44. The molecule has 17 heavy (non-hydrogen) atoms. The lowest BCUT2D eigenvalue weighted by Gasteiger charge is -2.33. The van der Waals surface area contributed by atoms with Gasteiger partial charge in [0.1, 0.15) is 6.04 Å². The topological polar surface area (TPSA) is 148 Å². The number of hydrogen-bond acceptors (Lipinski definition) is 6. The zero-order chi connectivity index (χ0) is 12.4. The minimum absolute atomic E-state index is 0.00175. The maximum atomic E-state index is 10.9. The molecule has 1 saturated heterocycles. The van der Waals surface area contributed by atoms with E-state index in [0.717, 1.165) is 0 Å². The third-order valence-corrected chi connectivity index (χ3v) is 2.44. The standard InChI is InChI=1S/C7H11N7O3/c8-5-3(10-6(5)15)2-14-4(11-12-13-14)1-9-7(16)17/h3,5,9H,1-2,8H2,(H,10,15)(H,16,17)/t3-,5+/m1/s1. The summed E-state index contributed by atoms with van der Waals surface area (Å²) in [7, 11) is 0. The van der Waals surface area contributed by atoms with E-state index >= 15 is 0 Å². The smallest absolute Gasteiger partial charge is 0.405 e. The Morgan fingerprint density at radius 1 is 1.65 bits per heavy atom. The van der Waals surface area contributed by atoms with E-state index in [2.05, 4.69) is 26.2 Å². The van der Waals surface area contributed by atoms with Gasteiger partial charge in [-0.2, -0.15) is 0 Å². The van der Waals surface area contributed by atoms with Crippen LogP contribution >= 0.6 is 0 Å². The quantitative estimate of drug-likeness (QED) is 0.418. The lowest BCUT2D eigenvalue weighted by Crippen LogP contribution is -2.68. The van der Waals surface area contributed by atoms with Gasteiger partial charge in [-0.05, 0) is 10.4 Å². The fourth-order valence-corrected chi connectivity index (χ4v) is 1.45. The highest BCUT2D eigenvalue weighted by molar-refractivity contribution is 5.88. The molecule has 1 fully saturated rings. The number of tetrazole rings is 1. The lowest BCUT2D eigenvalue weighted by molar-refractivity contribution is -0.130. The minimum atomic E-state index is -1.16. The summed E-state index contributed by atoms with van der Waals surface area (Å²) in [5, 5.41) is 24.0. The van der Waals surface area contributed by atoms with E-state index in [-0.39, 0.29) is 18.5 Å². The fraction of sp³-hybridized carbons (Fsp3) is 0.571. The third kappa shape index (κ3) is 2.30. The molecule has 1 aromatic heterocycles. The van der Waals surface area contributed by atoms with Crippen molar-refractivity contribution in [2.75, 3.05) is 0 Å². The summed E-state index contributed by atoms with van der Waals surface area (Å²) in [6, 6.07) is -0.797. The first-order valence-electron chi connectivity index (χ1n) is 4.85. The number of nitrogens with two attached hydrogens (primary N) is 1. The molecule has 0 saturated carbocycles. The molecule has 1 aromatic rings. The highest BCUT2D eigenvalue weighted by Gasteiger charge is 2.36. The molecule has 2 heterocycles. The number of aromatic nitrogens is 4. The fourth-order valence-electron chi connectivity index (χ4n) is 1.45. The molecule has 2 atom stereocenters. The molecule has 10 heteroatoms. The number of nitrogens with one attached hydrogen (secondary N) is 2. The van der Waals surface area contributed by atoms with Crippen molar-refractivity contribution in [1.82, 2.24) is 30.8 Å². The highest BCUT2D eigenvalue weighted by Crippen LogP contribution is 2.06.